The number of aromatic amines is 1. The van der Waals surface area contributed by atoms with Gasteiger partial charge in [-0.2, -0.15) is 0 Å². The number of nitrogens with zero attached hydrogens (tertiary/aromatic N) is 1. The fourth-order valence-electron chi connectivity index (χ4n) is 2.73. The van der Waals surface area contributed by atoms with E-state index in [1.54, 1.807) is 24.3 Å². The number of carbonyl (C=O) groups is 1. The SMILES string of the molecule is O=C(SCC#Cc1cn([C@@H]2CC(O)[C@H](CO)O2)c(=O)[nH]c1=O)c1ccccc1. The molecule has 3 atom stereocenters. The van der Waals surface area contributed by atoms with Crippen LogP contribution in [0.4, 0.5) is 0 Å². The number of aliphatic hydroxyl groups excluding tert-OH is 2. The van der Waals surface area contributed by atoms with E-state index in [9.17, 15) is 19.5 Å². The van der Waals surface area contributed by atoms with E-state index in [0.29, 0.717) is 5.56 Å². The van der Waals surface area contributed by atoms with Gasteiger partial charge in [0.15, 0.2) is 0 Å². The minimum Gasteiger partial charge on any atom is -0.394 e. The molecule has 9 heteroatoms. The van der Waals surface area contributed by atoms with Crippen LogP contribution in [0.3, 0.4) is 0 Å². The smallest absolute Gasteiger partial charge is 0.330 e. The van der Waals surface area contributed by atoms with Crippen LogP contribution in [-0.4, -0.2) is 49.4 Å². The van der Waals surface area contributed by atoms with Crippen molar-refractivity contribution in [1.82, 2.24) is 9.55 Å². The van der Waals surface area contributed by atoms with E-state index in [1.807, 2.05) is 6.07 Å². The summed E-state index contributed by atoms with van der Waals surface area (Å²) in [6.07, 6.45) is -1.16. The average Bonchev–Trinajstić information content (AvgIpc) is 3.07. The summed E-state index contributed by atoms with van der Waals surface area (Å²) in [6, 6.07) is 8.77. The maximum Gasteiger partial charge on any atom is 0.330 e. The van der Waals surface area contributed by atoms with Crippen LogP contribution >= 0.6 is 11.8 Å². The molecule has 2 heterocycles. The van der Waals surface area contributed by atoms with Gasteiger partial charge in [0.05, 0.1) is 18.5 Å². The normalized spacial score (nSPS) is 21.1. The molecule has 3 rings (SSSR count). The van der Waals surface area contributed by atoms with Gasteiger partial charge in [-0.05, 0) is 0 Å². The summed E-state index contributed by atoms with van der Waals surface area (Å²) in [6.45, 7) is -0.380. The van der Waals surface area contributed by atoms with E-state index in [0.717, 1.165) is 16.3 Å². The van der Waals surface area contributed by atoms with Crippen molar-refractivity contribution in [3.8, 4) is 11.8 Å². The molecule has 1 aliphatic rings. The fraction of sp³-hybridized carbons (Fsp3) is 0.316. The maximum atomic E-state index is 12.0. The van der Waals surface area contributed by atoms with E-state index in [-0.39, 0.29) is 29.5 Å². The molecule has 0 spiro atoms. The molecule has 1 aromatic heterocycles. The Hall–Kier alpha value is -2.64. The van der Waals surface area contributed by atoms with Gasteiger partial charge >= 0.3 is 5.69 Å². The summed E-state index contributed by atoms with van der Waals surface area (Å²) in [5.41, 5.74) is -0.737. The number of aromatic nitrogens is 2. The van der Waals surface area contributed by atoms with Gasteiger partial charge < -0.3 is 14.9 Å². The molecule has 2 aromatic rings. The van der Waals surface area contributed by atoms with Crippen molar-refractivity contribution in [2.24, 2.45) is 0 Å². The minimum atomic E-state index is -0.913. The first-order valence-electron chi connectivity index (χ1n) is 8.50. The Labute approximate surface area is 164 Å². The second kappa shape index (κ2) is 9.03. The number of H-pyrrole nitrogens is 1. The number of benzene rings is 1. The van der Waals surface area contributed by atoms with Crippen LogP contribution in [0.25, 0.3) is 0 Å². The molecule has 146 valence electrons. The number of ether oxygens (including phenoxy) is 1. The summed E-state index contributed by atoms with van der Waals surface area (Å²) >= 11 is 1.01. The minimum absolute atomic E-state index is 0.0397. The zero-order valence-electron chi connectivity index (χ0n) is 14.7. The van der Waals surface area contributed by atoms with Crippen LogP contribution in [0.15, 0.2) is 46.1 Å². The van der Waals surface area contributed by atoms with Crippen molar-refractivity contribution in [2.45, 2.75) is 24.9 Å². The third-order valence-electron chi connectivity index (χ3n) is 4.17. The molecule has 1 fully saturated rings. The second-order valence-corrected chi connectivity index (χ2v) is 7.02. The molecule has 8 nitrogen and oxygen atoms in total. The summed E-state index contributed by atoms with van der Waals surface area (Å²) in [7, 11) is 0. The molecular weight excluding hydrogens is 384 g/mol. The Morgan fingerprint density at radius 1 is 1.32 bits per heavy atom. The number of nitrogens with one attached hydrogen (secondary N) is 1. The zero-order valence-corrected chi connectivity index (χ0v) is 15.5. The molecule has 0 aliphatic carbocycles. The summed E-state index contributed by atoms with van der Waals surface area (Å²) in [5.74, 6) is 5.57. The predicted octanol–water partition coefficient (Wildman–Crippen LogP) is 0.102. The largest absolute Gasteiger partial charge is 0.394 e. The zero-order chi connectivity index (χ0) is 20.1. The van der Waals surface area contributed by atoms with Gasteiger partial charge in [0, 0.05) is 18.2 Å². The maximum absolute atomic E-state index is 12.0. The Morgan fingerprint density at radius 2 is 2.07 bits per heavy atom. The van der Waals surface area contributed by atoms with Gasteiger partial charge in [0.1, 0.15) is 17.9 Å². The van der Waals surface area contributed by atoms with Crippen LogP contribution in [-0.2, 0) is 4.74 Å². The Balaban J connectivity index is 1.72. The van der Waals surface area contributed by atoms with E-state index >= 15 is 0 Å². The molecule has 1 saturated heterocycles. The van der Waals surface area contributed by atoms with Crippen LogP contribution < -0.4 is 11.2 Å². The highest BCUT2D eigenvalue weighted by Gasteiger charge is 2.35. The first-order valence-corrected chi connectivity index (χ1v) is 9.49. The van der Waals surface area contributed by atoms with E-state index in [4.69, 9.17) is 9.84 Å². The Kier molecular flexibility index (Phi) is 6.49. The van der Waals surface area contributed by atoms with Crippen LogP contribution in [0, 0.1) is 11.8 Å². The van der Waals surface area contributed by atoms with Crippen LogP contribution in [0.5, 0.6) is 0 Å². The van der Waals surface area contributed by atoms with Crippen molar-refractivity contribution in [3.05, 3.63) is 68.5 Å². The van der Waals surface area contributed by atoms with Gasteiger partial charge in [0.2, 0.25) is 5.12 Å². The summed E-state index contributed by atoms with van der Waals surface area (Å²) in [5, 5.41) is 18.8. The molecule has 1 unspecified atom stereocenters. The molecule has 1 aromatic carbocycles. The van der Waals surface area contributed by atoms with Crippen LogP contribution in [0.2, 0.25) is 0 Å². The highest BCUT2D eigenvalue weighted by atomic mass is 32.2. The summed E-state index contributed by atoms with van der Waals surface area (Å²) < 4.78 is 6.57. The Morgan fingerprint density at radius 3 is 2.75 bits per heavy atom. The highest BCUT2D eigenvalue weighted by molar-refractivity contribution is 8.14. The fourth-order valence-corrected chi connectivity index (χ4v) is 3.31. The van der Waals surface area contributed by atoms with Crippen molar-refractivity contribution >= 4 is 16.9 Å². The number of aliphatic hydroxyl groups is 2. The number of carbonyl (C=O) groups excluding carboxylic acids is 1. The standard InChI is InChI=1S/C19H18N2O6S/c22-11-15-14(23)9-16(27-15)21-10-13(17(24)20-19(21)26)7-4-8-28-18(25)12-5-2-1-3-6-12/h1-3,5-6,10,14-16,22-23H,8-9,11H2,(H,20,24,26)/t14?,15-,16-/m0/s1. The van der Waals surface area contributed by atoms with Gasteiger partial charge in [-0.1, -0.05) is 53.9 Å². The van der Waals surface area contributed by atoms with Gasteiger partial charge in [-0.25, -0.2) is 4.79 Å². The van der Waals surface area contributed by atoms with Gasteiger partial charge in [-0.3, -0.25) is 19.1 Å². The third-order valence-corrected chi connectivity index (χ3v) is 4.96. The lowest BCUT2D eigenvalue weighted by Gasteiger charge is -2.14. The monoisotopic (exact) mass is 402 g/mol. The lowest BCUT2D eigenvalue weighted by Crippen LogP contribution is -2.33. The van der Waals surface area contributed by atoms with E-state index < -0.39 is 29.7 Å². The number of hydrogen-bond acceptors (Lipinski definition) is 7. The van der Waals surface area contributed by atoms with Gasteiger partial charge in [-0.15, -0.1) is 0 Å². The molecular formula is C19H18N2O6S. The van der Waals surface area contributed by atoms with Crippen molar-refractivity contribution in [3.63, 3.8) is 0 Å². The molecule has 1 aliphatic heterocycles. The lowest BCUT2D eigenvalue weighted by atomic mass is 10.2. The molecule has 3 N–H and O–H groups in total. The molecule has 0 saturated carbocycles. The third kappa shape index (κ3) is 4.61. The van der Waals surface area contributed by atoms with Crippen molar-refractivity contribution in [2.75, 3.05) is 12.4 Å². The first-order chi connectivity index (χ1) is 13.5. The molecule has 0 bridgehead atoms. The number of hydrogen-bond donors (Lipinski definition) is 3. The van der Waals surface area contributed by atoms with E-state index in [1.165, 1.54) is 6.20 Å². The van der Waals surface area contributed by atoms with Crippen molar-refractivity contribution in [1.29, 1.82) is 0 Å². The van der Waals surface area contributed by atoms with Crippen LogP contribution in [0.1, 0.15) is 28.6 Å². The summed E-state index contributed by atoms with van der Waals surface area (Å²) in [4.78, 5) is 38.2. The Bertz CT molecular complexity index is 1020. The first kappa shape index (κ1) is 20.1. The molecule has 28 heavy (non-hydrogen) atoms. The average molecular weight is 402 g/mol. The quantitative estimate of drug-likeness (QED) is 0.620. The van der Waals surface area contributed by atoms with Gasteiger partial charge in [0.25, 0.3) is 5.56 Å². The topological polar surface area (TPSA) is 122 Å². The molecule has 0 radical (unpaired) electrons. The molecule has 0 amide bonds. The lowest BCUT2D eigenvalue weighted by molar-refractivity contribution is -0.0459. The van der Waals surface area contributed by atoms with E-state index in [2.05, 4.69) is 16.8 Å². The number of rotatable bonds is 4. The van der Waals surface area contributed by atoms with Crippen molar-refractivity contribution < 1.29 is 19.7 Å². The highest BCUT2D eigenvalue weighted by Crippen LogP contribution is 2.27. The number of thioether (sulfide) groups is 1. The predicted molar refractivity (Wildman–Crippen MR) is 103 cm³/mol. The second-order valence-electron chi connectivity index (χ2n) is 6.07.